The van der Waals surface area contributed by atoms with Gasteiger partial charge >= 0.3 is 11.6 Å². The van der Waals surface area contributed by atoms with E-state index in [2.05, 4.69) is 15.2 Å². The molecular formula is C21H17N3O7. The highest BCUT2D eigenvalue weighted by atomic mass is 16.5. The van der Waals surface area contributed by atoms with Gasteiger partial charge in [0.15, 0.2) is 0 Å². The van der Waals surface area contributed by atoms with Crippen LogP contribution in [-0.2, 0) is 4.74 Å². The molecule has 4 rings (SSSR count). The van der Waals surface area contributed by atoms with Crippen LogP contribution in [0.3, 0.4) is 0 Å². The standard InChI is InChI=1S/C21H17N3O7/c1-28-13-3-4-14-15(11-13)30-21(27)17(16(14)20(26)29-10-2-9-25)19-24-23-18(31-19)12-5-7-22-8-6-12/h3-8,11,25H,2,9-10H2,1H3. The van der Waals surface area contributed by atoms with E-state index in [1.54, 1.807) is 36.7 Å². The van der Waals surface area contributed by atoms with Crippen molar-refractivity contribution in [3.8, 4) is 28.7 Å². The first-order valence-corrected chi connectivity index (χ1v) is 9.29. The number of aromatic nitrogens is 3. The number of pyridine rings is 1. The summed E-state index contributed by atoms with van der Waals surface area (Å²) >= 11 is 0. The number of carbonyl (C=O) groups is 1. The Kier molecular flexibility index (Phi) is 5.72. The van der Waals surface area contributed by atoms with Gasteiger partial charge in [0.1, 0.15) is 16.9 Å². The van der Waals surface area contributed by atoms with Crippen molar-refractivity contribution in [3.63, 3.8) is 0 Å². The van der Waals surface area contributed by atoms with E-state index < -0.39 is 11.6 Å². The summed E-state index contributed by atoms with van der Waals surface area (Å²) in [5.74, 6) is -0.380. The van der Waals surface area contributed by atoms with Gasteiger partial charge < -0.3 is 23.4 Å². The molecule has 0 fully saturated rings. The van der Waals surface area contributed by atoms with E-state index in [4.69, 9.17) is 23.4 Å². The van der Waals surface area contributed by atoms with E-state index in [-0.39, 0.29) is 48.1 Å². The zero-order chi connectivity index (χ0) is 21.8. The summed E-state index contributed by atoms with van der Waals surface area (Å²) in [7, 11) is 1.47. The lowest BCUT2D eigenvalue weighted by Gasteiger charge is -2.10. The van der Waals surface area contributed by atoms with Gasteiger partial charge in [-0.25, -0.2) is 9.59 Å². The highest BCUT2D eigenvalue weighted by Gasteiger charge is 2.27. The predicted octanol–water partition coefficient (Wildman–Crippen LogP) is 2.45. The number of ether oxygens (including phenoxy) is 2. The lowest BCUT2D eigenvalue weighted by molar-refractivity contribution is 0.0484. The van der Waals surface area contributed by atoms with Crippen molar-refractivity contribution in [1.82, 2.24) is 15.2 Å². The van der Waals surface area contributed by atoms with Crippen LogP contribution in [0.2, 0.25) is 0 Å². The van der Waals surface area contributed by atoms with E-state index in [0.717, 1.165) is 0 Å². The van der Waals surface area contributed by atoms with Crippen molar-refractivity contribution < 1.29 is 28.2 Å². The second-order valence-corrected chi connectivity index (χ2v) is 6.36. The first-order chi connectivity index (χ1) is 15.1. The van der Waals surface area contributed by atoms with Crippen LogP contribution < -0.4 is 10.4 Å². The summed E-state index contributed by atoms with van der Waals surface area (Å²) in [5, 5.41) is 17.2. The molecule has 0 amide bonds. The zero-order valence-electron chi connectivity index (χ0n) is 16.4. The number of rotatable bonds is 7. The Morgan fingerprint density at radius 3 is 2.61 bits per heavy atom. The van der Waals surface area contributed by atoms with Crippen LogP contribution >= 0.6 is 0 Å². The van der Waals surface area contributed by atoms with Crippen molar-refractivity contribution in [2.45, 2.75) is 6.42 Å². The van der Waals surface area contributed by atoms with E-state index >= 15 is 0 Å². The van der Waals surface area contributed by atoms with Crippen LogP contribution in [0.15, 0.2) is 56.4 Å². The van der Waals surface area contributed by atoms with Gasteiger partial charge in [0, 0.05) is 42.4 Å². The molecule has 1 N–H and O–H groups in total. The molecule has 0 saturated carbocycles. The highest BCUT2D eigenvalue weighted by Crippen LogP contribution is 2.31. The van der Waals surface area contributed by atoms with Gasteiger partial charge in [0.2, 0.25) is 5.89 Å². The number of methoxy groups -OCH3 is 1. The predicted molar refractivity (Wildman–Crippen MR) is 108 cm³/mol. The first kappa shape index (κ1) is 20.2. The number of aliphatic hydroxyl groups is 1. The first-order valence-electron chi connectivity index (χ1n) is 9.29. The van der Waals surface area contributed by atoms with Crippen molar-refractivity contribution in [1.29, 1.82) is 0 Å². The molecule has 1 aromatic carbocycles. The van der Waals surface area contributed by atoms with Gasteiger partial charge in [-0.15, -0.1) is 10.2 Å². The number of benzene rings is 1. The third-order valence-corrected chi connectivity index (χ3v) is 4.42. The largest absolute Gasteiger partial charge is 0.497 e. The molecule has 0 aliphatic carbocycles. The van der Waals surface area contributed by atoms with Gasteiger partial charge in [-0.2, -0.15) is 0 Å². The Balaban J connectivity index is 1.89. The Hall–Kier alpha value is -4.05. The smallest absolute Gasteiger partial charge is 0.350 e. The number of hydrogen-bond acceptors (Lipinski definition) is 10. The number of carbonyl (C=O) groups excluding carboxylic acids is 1. The molecule has 3 heterocycles. The minimum atomic E-state index is -0.847. The van der Waals surface area contributed by atoms with Crippen LogP contribution in [0.1, 0.15) is 16.8 Å². The average Bonchev–Trinajstić information content (AvgIpc) is 3.28. The molecule has 31 heavy (non-hydrogen) atoms. The molecule has 0 aliphatic heterocycles. The summed E-state index contributed by atoms with van der Waals surface area (Å²) in [6.07, 6.45) is 3.36. The van der Waals surface area contributed by atoms with Crippen molar-refractivity contribution in [2.24, 2.45) is 0 Å². The number of nitrogens with zero attached hydrogens (tertiary/aromatic N) is 3. The SMILES string of the molecule is COc1ccc2c(C(=O)OCCCO)c(-c3nnc(-c4ccncc4)o3)c(=O)oc2c1. The van der Waals surface area contributed by atoms with Gasteiger partial charge in [-0.3, -0.25) is 4.98 Å². The second kappa shape index (κ2) is 8.76. The minimum Gasteiger partial charge on any atom is -0.497 e. The molecular weight excluding hydrogens is 406 g/mol. The van der Waals surface area contributed by atoms with Crippen LogP contribution in [0, 0.1) is 0 Å². The van der Waals surface area contributed by atoms with Crippen LogP contribution in [0.4, 0.5) is 0 Å². The summed E-state index contributed by atoms with van der Waals surface area (Å²) in [5.41, 5.74) is -0.400. The topological polar surface area (TPSA) is 138 Å². The van der Waals surface area contributed by atoms with Crippen LogP contribution in [0.25, 0.3) is 33.9 Å². The molecule has 0 atom stereocenters. The average molecular weight is 423 g/mol. The number of esters is 1. The Labute approximate surface area is 175 Å². The normalized spacial score (nSPS) is 10.9. The maximum Gasteiger partial charge on any atom is 0.350 e. The molecule has 0 aliphatic rings. The maximum absolute atomic E-state index is 12.9. The molecule has 3 aromatic heterocycles. The quantitative estimate of drug-likeness (QED) is 0.268. The van der Waals surface area contributed by atoms with Gasteiger partial charge in [-0.1, -0.05) is 0 Å². The van der Waals surface area contributed by atoms with Crippen molar-refractivity contribution in [2.75, 3.05) is 20.3 Å². The highest BCUT2D eigenvalue weighted by molar-refractivity contribution is 6.08. The van der Waals surface area contributed by atoms with Crippen LogP contribution in [0.5, 0.6) is 5.75 Å². The van der Waals surface area contributed by atoms with Gasteiger partial charge in [0.25, 0.3) is 5.89 Å². The van der Waals surface area contributed by atoms with Crippen molar-refractivity contribution in [3.05, 3.63) is 58.7 Å². The molecule has 4 aromatic rings. The minimum absolute atomic E-state index is 0.0290. The molecule has 0 unspecified atom stereocenters. The lowest BCUT2D eigenvalue weighted by atomic mass is 10.0. The summed E-state index contributed by atoms with van der Waals surface area (Å²) < 4.78 is 21.5. The number of hydrogen-bond donors (Lipinski definition) is 1. The fraction of sp³-hybridized carbons (Fsp3) is 0.190. The van der Waals surface area contributed by atoms with Crippen molar-refractivity contribution >= 4 is 16.9 Å². The number of aliphatic hydroxyl groups excluding tert-OH is 1. The Morgan fingerprint density at radius 1 is 1.10 bits per heavy atom. The molecule has 10 nitrogen and oxygen atoms in total. The molecule has 0 radical (unpaired) electrons. The van der Waals surface area contributed by atoms with E-state index in [9.17, 15) is 9.59 Å². The molecule has 0 saturated heterocycles. The van der Waals surface area contributed by atoms with E-state index in [0.29, 0.717) is 16.7 Å². The molecule has 158 valence electrons. The summed E-state index contributed by atoms with van der Waals surface area (Å²) in [6.45, 7) is -0.174. The molecule has 0 bridgehead atoms. The van der Waals surface area contributed by atoms with E-state index in [1.807, 2.05) is 0 Å². The van der Waals surface area contributed by atoms with E-state index in [1.165, 1.54) is 13.2 Å². The maximum atomic E-state index is 12.9. The third-order valence-electron chi connectivity index (χ3n) is 4.42. The fourth-order valence-corrected chi connectivity index (χ4v) is 2.95. The fourth-order valence-electron chi connectivity index (χ4n) is 2.95. The zero-order valence-corrected chi connectivity index (χ0v) is 16.4. The van der Waals surface area contributed by atoms with Gasteiger partial charge in [0.05, 0.1) is 19.3 Å². The summed E-state index contributed by atoms with van der Waals surface area (Å²) in [4.78, 5) is 29.7. The number of fused-ring (bicyclic) bond motifs is 1. The molecule has 0 spiro atoms. The van der Waals surface area contributed by atoms with Crippen LogP contribution in [-0.4, -0.2) is 46.6 Å². The molecule has 10 heteroatoms. The second-order valence-electron chi connectivity index (χ2n) is 6.36. The van der Waals surface area contributed by atoms with Gasteiger partial charge in [-0.05, 0) is 24.3 Å². The third kappa shape index (κ3) is 4.01. The lowest BCUT2D eigenvalue weighted by Crippen LogP contribution is -2.16. The monoisotopic (exact) mass is 423 g/mol. The Bertz CT molecular complexity index is 1280. The summed E-state index contributed by atoms with van der Waals surface area (Å²) in [6, 6.07) is 8.00. The Morgan fingerprint density at radius 2 is 1.87 bits per heavy atom.